The molecule has 2 aromatic carbocycles. The van der Waals surface area contributed by atoms with Crippen LogP contribution < -0.4 is 9.77 Å². The third-order valence-corrected chi connectivity index (χ3v) is 5.56. The van der Waals surface area contributed by atoms with Crippen LogP contribution in [0.3, 0.4) is 0 Å². The number of benzene rings is 2. The Morgan fingerprint density at radius 2 is 1.92 bits per heavy atom. The van der Waals surface area contributed by atoms with E-state index in [0.717, 1.165) is 22.3 Å². The van der Waals surface area contributed by atoms with Crippen molar-refractivity contribution in [3.8, 4) is 0 Å². The Hall–Kier alpha value is -2.40. The van der Waals surface area contributed by atoms with Gasteiger partial charge in [-0.3, -0.25) is 14.2 Å². The van der Waals surface area contributed by atoms with Crippen LogP contribution in [-0.2, 0) is 17.8 Å². The molecule has 5 heteroatoms. The molecule has 4 rings (SSSR count). The summed E-state index contributed by atoms with van der Waals surface area (Å²) >= 11 is 1.23. The molecule has 0 spiro atoms. The van der Waals surface area contributed by atoms with E-state index in [1.54, 1.807) is 4.57 Å². The maximum absolute atomic E-state index is 12.8. The molecule has 0 fully saturated rings. The van der Waals surface area contributed by atoms with E-state index in [2.05, 4.69) is 13.0 Å². The lowest BCUT2D eigenvalue weighted by Crippen LogP contribution is -2.36. The number of rotatable bonds is 3. The van der Waals surface area contributed by atoms with Gasteiger partial charge in [-0.05, 0) is 37.1 Å². The number of nitrogens with zero attached hydrogens (tertiary/aromatic N) is 2. The third kappa shape index (κ3) is 2.45. The Morgan fingerprint density at radius 1 is 1.17 bits per heavy atom. The first-order valence-electron chi connectivity index (χ1n) is 8.13. The van der Waals surface area contributed by atoms with Crippen molar-refractivity contribution in [3.63, 3.8) is 0 Å². The van der Waals surface area contributed by atoms with E-state index in [-0.39, 0.29) is 16.8 Å². The summed E-state index contributed by atoms with van der Waals surface area (Å²) in [7, 11) is 0. The van der Waals surface area contributed by atoms with E-state index in [1.165, 1.54) is 16.9 Å². The number of amides is 1. The van der Waals surface area contributed by atoms with Crippen LogP contribution in [0.15, 0.2) is 53.3 Å². The van der Waals surface area contributed by atoms with Gasteiger partial charge in [0.15, 0.2) is 0 Å². The van der Waals surface area contributed by atoms with Gasteiger partial charge in [-0.15, -0.1) is 0 Å². The number of carbonyl (C=O) groups excluding carboxylic acids is 1. The lowest BCUT2D eigenvalue weighted by atomic mass is 10.1. The molecule has 0 saturated heterocycles. The second-order valence-electron chi connectivity index (χ2n) is 6.18. The van der Waals surface area contributed by atoms with Crippen molar-refractivity contribution < 1.29 is 4.79 Å². The number of aromatic nitrogens is 1. The van der Waals surface area contributed by atoms with Crippen molar-refractivity contribution >= 4 is 33.1 Å². The van der Waals surface area contributed by atoms with E-state index in [0.29, 0.717) is 13.0 Å². The van der Waals surface area contributed by atoms with Gasteiger partial charge in [0.25, 0.3) is 0 Å². The summed E-state index contributed by atoms with van der Waals surface area (Å²) in [4.78, 5) is 26.8. The molecule has 1 amide bonds. The highest BCUT2D eigenvalue weighted by atomic mass is 32.1. The average molecular weight is 338 g/mol. The fourth-order valence-electron chi connectivity index (χ4n) is 3.50. The molecule has 0 N–H and O–H groups in total. The zero-order chi connectivity index (χ0) is 16.7. The van der Waals surface area contributed by atoms with Crippen molar-refractivity contribution in [2.24, 2.45) is 0 Å². The normalized spacial score (nSPS) is 16.5. The second kappa shape index (κ2) is 5.91. The fraction of sp³-hybridized carbons (Fsp3) is 0.263. The van der Waals surface area contributed by atoms with Crippen LogP contribution in [0.5, 0.6) is 0 Å². The predicted molar refractivity (Wildman–Crippen MR) is 97.8 cm³/mol. The first-order chi connectivity index (χ1) is 11.6. The molecular formula is C19H18N2O2S. The maximum Gasteiger partial charge on any atom is 0.308 e. The molecular weight excluding hydrogens is 320 g/mol. The molecule has 4 nitrogen and oxygen atoms in total. The molecule has 2 heterocycles. The van der Waals surface area contributed by atoms with Gasteiger partial charge in [0.1, 0.15) is 0 Å². The van der Waals surface area contributed by atoms with Crippen LogP contribution in [0.2, 0.25) is 0 Å². The van der Waals surface area contributed by atoms with E-state index in [1.807, 2.05) is 47.4 Å². The summed E-state index contributed by atoms with van der Waals surface area (Å²) < 4.78 is 2.68. The number of hydrogen-bond acceptors (Lipinski definition) is 3. The molecule has 0 radical (unpaired) electrons. The molecule has 122 valence electrons. The Labute approximate surface area is 144 Å². The van der Waals surface area contributed by atoms with Gasteiger partial charge in [-0.1, -0.05) is 41.7 Å². The number of thiazole rings is 1. The topological polar surface area (TPSA) is 42.3 Å². The number of carbonyl (C=O) groups is 1. The Kier molecular flexibility index (Phi) is 3.73. The first-order valence-corrected chi connectivity index (χ1v) is 8.95. The molecule has 1 atom stereocenters. The van der Waals surface area contributed by atoms with E-state index in [4.69, 9.17) is 0 Å². The summed E-state index contributed by atoms with van der Waals surface area (Å²) in [6.45, 7) is 2.50. The van der Waals surface area contributed by atoms with Gasteiger partial charge < -0.3 is 4.90 Å². The van der Waals surface area contributed by atoms with Crippen molar-refractivity contribution in [2.45, 2.75) is 32.4 Å². The molecule has 0 aliphatic carbocycles. The smallest absolute Gasteiger partial charge is 0.308 e. The Balaban J connectivity index is 1.57. The lowest BCUT2D eigenvalue weighted by molar-refractivity contribution is -0.119. The quantitative estimate of drug-likeness (QED) is 0.734. The summed E-state index contributed by atoms with van der Waals surface area (Å²) in [5.41, 5.74) is 3.14. The highest BCUT2D eigenvalue weighted by Gasteiger charge is 2.30. The van der Waals surface area contributed by atoms with Gasteiger partial charge in [0.05, 0.1) is 10.2 Å². The molecule has 1 aliphatic heterocycles. The van der Waals surface area contributed by atoms with E-state index >= 15 is 0 Å². The summed E-state index contributed by atoms with van der Waals surface area (Å²) in [6, 6.07) is 16.0. The third-order valence-electron chi connectivity index (χ3n) is 4.60. The zero-order valence-corrected chi connectivity index (χ0v) is 14.3. The van der Waals surface area contributed by atoms with E-state index < -0.39 is 0 Å². The lowest BCUT2D eigenvalue weighted by Gasteiger charge is -2.22. The van der Waals surface area contributed by atoms with Crippen molar-refractivity contribution in [1.29, 1.82) is 0 Å². The highest BCUT2D eigenvalue weighted by Crippen LogP contribution is 2.32. The molecule has 3 aromatic rings. The van der Waals surface area contributed by atoms with Crippen LogP contribution in [0.4, 0.5) is 5.69 Å². The van der Waals surface area contributed by atoms with Crippen LogP contribution in [0.1, 0.15) is 18.9 Å². The monoisotopic (exact) mass is 338 g/mol. The summed E-state index contributed by atoms with van der Waals surface area (Å²) in [6.07, 6.45) is 1.22. The minimum Gasteiger partial charge on any atom is -0.309 e. The largest absolute Gasteiger partial charge is 0.309 e. The number of fused-ring (bicyclic) bond motifs is 2. The van der Waals surface area contributed by atoms with Crippen LogP contribution in [-0.4, -0.2) is 16.5 Å². The van der Waals surface area contributed by atoms with Crippen molar-refractivity contribution in [3.05, 3.63) is 63.8 Å². The fourth-order valence-corrected chi connectivity index (χ4v) is 4.42. The summed E-state index contributed by atoms with van der Waals surface area (Å²) in [5, 5.41) is 0. The molecule has 1 aromatic heterocycles. The average Bonchev–Trinajstić information content (AvgIpc) is 3.08. The number of para-hydroxylation sites is 2. The predicted octanol–water partition coefficient (Wildman–Crippen LogP) is 3.43. The van der Waals surface area contributed by atoms with Gasteiger partial charge in [0.2, 0.25) is 5.91 Å². The molecule has 0 bridgehead atoms. The molecule has 0 saturated carbocycles. The highest BCUT2D eigenvalue weighted by molar-refractivity contribution is 7.16. The summed E-state index contributed by atoms with van der Waals surface area (Å²) in [5.74, 6) is 0.0784. The van der Waals surface area contributed by atoms with Crippen LogP contribution in [0.25, 0.3) is 10.2 Å². The first kappa shape index (κ1) is 15.1. The number of hydrogen-bond donors (Lipinski definition) is 0. The van der Waals surface area contributed by atoms with Gasteiger partial charge in [0, 0.05) is 24.7 Å². The van der Waals surface area contributed by atoms with Gasteiger partial charge in [-0.25, -0.2) is 0 Å². The molecule has 0 unspecified atom stereocenters. The van der Waals surface area contributed by atoms with Crippen LogP contribution in [0, 0.1) is 0 Å². The Bertz CT molecular complexity index is 973. The van der Waals surface area contributed by atoms with Crippen molar-refractivity contribution in [2.75, 3.05) is 4.90 Å². The standard InChI is InChI=1S/C19H18N2O2S/c1-13-12-14-6-2-3-7-15(14)21(13)18(22)10-11-20-16-8-4-5-9-17(16)24-19(20)23/h2-9,13H,10-12H2,1H3/t13-/m1/s1. The maximum atomic E-state index is 12.8. The zero-order valence-electron chi connectivity index (χ0n) is 13.4. The number of aryl methyl sites for hydroxylation is 1. The van der Waals surface area contributed by atoms with Crippen molar-refractivity contribution in [1.82, 2.24) is 4.57 Å². The SMILES string of the molecule is C[C@@H]1Cc2ccccc2N1C(=O)CCn1c(=O)sc2ccccc21. The minimum absolute atomic E-state index is 0.00105. The molecule has 1 aliphatic rings. The van der Waals surface area contributed by atoms with Crippen LogP contribution >= 0.6 is 11.3 Å². The second-order valence-corrected chi connectivity index (χ2v) is 7.18. The van der Waals surface area contributed by atoms with Gasteiger partial charge in [-0.2, -0.15) is 0 Å². The Morgan fingerprint density at radius 3 is 2.79 bits per heavy atom. The minimum atomic E-state index is -0.00105. The van der Waals surface area contributed by atoms with Gasteiger partial charge >= 0.3 is 4.87 Å². The number of anilines is 1. The molecule has 24 heavy (non-hydrogen) atoms. The van der Waals surface area contributed by atoms with E-state index in [9.17, 15) is 9.59 Å².